The monoisotopic (exact) mass is 926 g/mol. The maximum absolute atomic E-state index is 2.76. The van der Waals surface area contributed by atoms with Crippen LogP contribution in [0.1, 0.15) is 216 Å². The van der Waals surface area contributed by atoms with Gasteiger partial charge in [0, 0.05) is 23.0 Å². The second-order valence-corrected chi connectivity index (χ2v) is 28.1. The van der Waals surface area contributed by atoms with Gasteiger partial charge in [0.2, 0.25) is 6.71 Å². The van der Waals surface area contributed by atoms with Gasteiger partial charge in [-0.1, -0.05) is 201 Å². The van der Waals surface area contributed by atoms with E-state index in [-0.39, 0.29) is 50.5 Å². The first-order valence-electron chi connectivity index (χ1n) is 27.1. The largest absolute Gasteiger partial charge is 0.311 e. The topological polar surface area (TPSA) is 3.24 Å². The van der Waals surface area contributed by atoms with E-state index in [1.54, 1.807) is 11.1 Å². The van der Waals surface area contributed by atoms with Gasteiger partial charge in [-0.05, 0) is 192 Å². The molecular weight excluding hydrogens is 842 g/mol. The lowest BCUT2D eigenvalue weighted by molar-refractivity contribution is 0.331. The lowest BCUT2D eigenvalue weighted by atomic mass is 9.33. The maximum atomic E-state index is 2.76. The van der Waals surface area contributed by atoms with E-state index in [9.17, 15) is 0 Å². The summed E-state index contributed by atoms with van der Waals surface area (Å²) >= 11 is 0. The van der Waals surface area contributed by atoms with Crippen LogP contribution < -0.4 is 21.3 Å². The molecule has 1 unspecified atom stereocenters. The quantitative estimate of drug-likeness (QED) is 0.156. The minimum Gasteiger partial charge on any atom is -0.311 e. The molecule has 0 fully saturated rings. The Balaban J connectivity index is 1.32. The second-order valence-electron chi connectivity index (χ2n) is 28.1. The highest BCUT2D eigenvalue weighted by atomic mass is 15.2. The van der Waals surface area contributed by atoms with E-state index in [0.29, 0.717) is 0 Å². The fraction of sp³-hybridized carbons (Fsp3) is 0.471. The smallest absolute Gasteiger partial charge is 0.247 e. The van der Waals surface area contributed by atoms with E-state index in [1.165, 1.54) is 126 Å². The van der Waals surface area contributed by atoms with Crippen molar-refractivity contribution >= 4 is 40.2 Å². The fourth-order valence-electron chi connectivity index (χ4n) is 14.4. The van der Waals surface area contributed by atoms with Crippen LogP contribution in [0.4, 0.5) is 17.1 Å². The molecule has 0 bridgehead atoms. The molecule has 1 atom stereocenters. The Labute approximate surface area is 425 Å². The van der Waals surface area contributed by atoms with Crippen LogP contribution in [0.5, 0.6) is 0 Å². The third-order valence-electron chi connectivity index (χ3n) is 18.9. The Morgan fingerprint density at radius 1 is 0.443 bits per heavy atom. The van der Waals surface area contributed by atoms with Gasteiger partial charge >= 0.3 is 0 Å². The molecule has 70 heavy (non-hydrogen) atoms. The summed E-state index contributed by atoms with van der Waals surface area (Å²) < 4.78 is 0. The van der Waals surface area contributed by atoms with Gasteiger partial charge < -0.3 is 4.90 Å². The first-order valence-corrected chi connectivity index (χ1v) is 27.1. The molecule has 3 aliphatic carbocycles. The molecule has 1 heterocycles. The first kappa shape index (κ1) is 48.8. The minimum absolute atomic E-state index is 0.0158. The van der Waals surface area contributed by atoms with Crippen molar-refractivity contribution < 1.29 is 0 Å². The van der Waals surface area contributed by atoms with Gasteiger partial charge in [-0.2, -0.15) is 0 Å². The molecule has 0 radical (unpaired) electrons. The summed E-state index contributed by atoms with van der Waals surface area (Å²) in [5.74, 6) is 0.154. The molecule has 0 aromatic heterocycles. The summed E-state index contributed by atoms with van der Waals surface area (Å²) in [5, 5.41) is 0. The molecule has 0 saturated heterocycles. The summed E-state index contributed by atoms with van der Waals surface area (Å²) in [6, 6.07) is 39.7. The molecule has 2 heteroatoms. The highest BCUT2D eigenvalue weighted by molar-refractivity contribution is 6.98. The van der Waals surface area contributed by atoms with Gasteiger partial charge in [0.05, 0.1) is 0 Å². The van der Waals surface area contributed by atoms with Crippen LogP contribution in [0.3, 0.4) is 0 Å². The number of hydrogen-bond acceptors (Lipinski definition) is 1. The van der Waals surface area contributed by atoms with Crippen molar-refractivity contribution in [2.75, 3.05) is 4.90 Å². The molecule has 1 aliphatic heterocycles. The summed E-state index contributed by atoms with van der Waals surface area (Å²) in [6.07, 6.45) is 5.93. The van der Waals surface area contributed by atoms with E-state index < -0.39 is 0 Å². The summed E-state index contributed by atoms with van der Waals surface area (Å²) in [4.78, 5) is 2.76. The van der Waals surface area contributed by atoms with Crippen LogP contribution in [-0.4, -0.2) is 6.71 Å². The Kier molecular flexibility index (Phi) is 11.0. The van der Waals surface area contributed by atoms with Crippen LogP contribution in [-0.2, 0) is 37.9 Å². The van der Waals surface area contributed by atoms with Gasteiger partial charge in [-0.3, -0.25) is 0 Å². The highest BCUT2D eigenvalue weighted by Gasteiger charge is 2.47. The zero-order valence-electron chi connectivity index (χ0n) is 46.9. The minimum atomic E-state index is -0.0363. The van der Waals surface area contributed by atoms with Crippen molar-refractivity contribution in [3.63, 3.8) is 0 Å². The third-order valence-corrected chi connectivity index (χ3v) is 18.9. The average molecular weight is 926 g/mol. The number of rotatable bonds is 5. The van der Waals surface area contributed by atoms with Gasteiger partial charge in [-0.15, -0.1) is 0 Å². The molecule has 0 N–H and O–H groups in total. The van der Waals surface area contributed by atoms with Crippen LogP contribution in [0.25, 0.3) is 11.1 Å². The Hall–Kier alpha value is -4.82. The number of fused-ring (bicyclic) bond motifs is 5. The number of nitrogens with zero attached hydrogens (tertiary/aromatic N) is 1. The van der Waals surface area contributed by atoms with Gasteiger partial charge in [0.15, 0.2) is 0 Å². The van der Waals surface area contributed by atoms with E-state index in [0.717, 1.165) is 6.42 Å². The standard InChI is InChI=1S/C68H84BN/c1-41-32-50-52(64(10,11)28-27-63(50,8)9)36-48(41)44(4)49-34-46(45-23-21-20-22-24-45)25-26-56(49)69-57-37-53-54(66(14,15)30-29-65(53,12)13)39-59(57)70(60-35-47(62(5,6)7)31-43(3)61(60)69)58-38-55-51(33-42(58)2)67(16,17)40-68(55,18)19/h20-26,31-39,44H,27-30,40H2,1-19H3. The maximum Gasteiger partial charge on any atom is 0.247 e. The lowest BCUT2D eigenvalue weighted by Gasteiger charge is -2.46. The first-order chi connectivity index (χ1) is 32.4. The molecular formula is C68H84BN. The number of hydrogen-bond donors (Lipinski definition) is 0. The Morgan fingerprint density at radius 2 is 0.943 bits per heavy atom. The van der Waals surface area contributed by atoms with E-state index in [4.69, 9.17) is 0 Å². The summed E-state index contributed by atoms with van der Waals surface area (Å²) in [5.41, 5.74) is 29.0. The van der Waals surface area contributed by atoms with Crippen molar-refractivity contribution in [2.24, 2.45) is 0 Å². The third kappa shape index (κ3) is 7.70. The fourth-order valence-corrected chi connectivity index (χ4v) is 14.4. The lowest BCUT2D eigenvalue weighted by Crippen LogP contribution is -2.60. The summed E-state index contributed by atoms with van der Waals surface area (Å²) in [6.45, 7) is 46.7. The zero-order chi connectivity index (χ0) is 50.6. The predicted octanol–water partition coefficient (Wildman–Crippen LogP) is 16.7. The number of benzene rings is 6. The molecule has 364 valence electrons. The van der Waals surface area contributed by atoms with Crippen molar-refractivity contribution in [3.05, 3.63) is 164 Å². The number of anilines is 3. The zero-order valence-corrected chi connectivity index (χ0v) is 46.9. The van der Waals surface area contributed by atoms with Crippen LogP contribution >= 0.6 is 0 Å². The van der Waals surface area contributed by atoms with Crippen LogP contribution in [0, 0.1) is 20.8 Å². The molecule has 1 nitrogen and oxygen atoms in total. The van der Waals surface area contributed by atoms with Crippen molar-refractivity contribution in [3.8, 4) is 11.1 Å². The molecule has 10 rings (SSSR count). The summed E-state index contributed by atoms with van der Waals surface area (Å²) in [7, 11) is 0. The number of aryl methyl sites for hydroxylation is 3. The van der Waals surface area contributed by atoms with E-state index in [2.05, 4.69) is 234 Å². The highest BCUT2D eigenvalue weighted by Crippen LogP contribution is 2.54. The van der Waals surface area contributed by atoms with Crippen LogP contribution in [0.2, 0.25) is 0 Å². The molecule has 0 amide bonds. The van der Waals surface area contributed by atoms with Gasteiger partial charge in [-0.25, -0.2) is 0 Å². The Bertz CT molecular complexity index is 3110. The predicted molar refractivity (Wildman–Crippen MR) is 306 cm³/mol. The SMILES string of the molecule is Cc1cc2c(cc1C(C)c1cc(-c3ccccc3)ccc1B1c3cc4c(cc3N(c3cc5c(cc3C)C(C)(C)CC5(C)C)c3cc(C(C)(C)C)cc(C)c31)C(C)(C)CCC4(C)C)C(C)(C)CCC2(C)C. The van der Waals surface area contributed by atoms with E-state index in [1.807, 2.05) is 0 Å². The van der Waals surface area contributed by atoms with Gasteiger partial charge in [0.1, 0.15) is 0 Å². The van der Waals surface area contributed by atoms with Crippen molar-refractivity contribution in [1.82, 2.24) is 0 Å². The normalized spacial score (nSPS) is 20.2. The molecule has 4 aliphatic rings. The second kappa shape index (κ2) is 15.8. The molecule has 6 aromatic rings. The molecule has 0 saturated carbocycles. The molecule has 6 aromatic carbocycles. The van der Waals surface area contributed by atoms with Crippen LogP contribution in [0.15, 0.2) is 97.1 Å². The van der Waals surface area contributed by atoms with E-state index >= 15 is 0 Å². The van der Waals surface area contributed by atoms with Crippen molar-refractivity contribution in [1.29, 1.82) is 0 Å². The Morgan fingerprint density at radius 3 is 1.53 bits per heavy atom. The average Bonchev–Trinajstić information content (AvgIpc) is 3.46. The van der Waals surface area contributed by atoms with Gasteiger partial charge in [0.25, 0.3) is 0 Å². The van der Waals surface area contributed by atoms with Crippen molar-refractivity contribution in [2.45, 2.75) is 207 Å². The molecule has 0 spiro atoms.